The van der Waals surface area contributed by atoms with Gasteiger partial charge in [0.05, 0.1) is 12.1 Å². The lowest BCUT2D eigenvalue weighted by Crippen LogP contribution is -2.15. The van der Waals surface area contributed by atoms with Gasteiger partial charge in [-0.2, -0.15) is 0 Å². The van der Waals surface area contributed by atoms with Crippen LogP contribution >= 0.6 is 0 Å². The van der Waals surface area contributed by atoms with Crippen LogP contribution in [0.25, 0.3) is 0 Å². The third-order valence-corrected chi connectivity index (χ3v) is 3.04. The highest BCUT2D eigenvalue weighted by molar-refractivity contribution is 5.90. The molecule has 0 aliphatic rings. The molecule has 0 amide bonds. The maximum atomic E-state index is 11.8. The first-order valence-corrected chi connectivity index (χ1v) is 6.56. The fraction of sp³-hybridized carbons (Fsp3) is 0.333. The van der Waals surface area contributed by atoms with Crippen molar-refractivity contribution in [3.63, 3.8) is 0 Å². The van der Waals surface area contributed by atoms with Crippen molar-refractivity contribution >= 4 is 11.9 Å². The van der Waals surface area contributed by atoms with Gasteiger partial charge in [0.1, 0.15) is 18.1 Å². The summed E-state index contributed by atoms with van der Waals surface area (Å²) in [4.78, 5) is 22.8. The van der Waals surface area contributed by atoms with E-state index in [0.717, 1.165) is 11.3 Å². The average molecular weight is 326 g/mol. The fourth-order valence-electron chi connectivity index (χ4n) is 1.78. The Morgan fingerprint density at radius 3 is 2.43 bits per heavy atom. The van der Waals surface area contributed by atoms with E-state index < -0.39 is 11.6 Å². The normalized spacial score (nSPS) is 9.52. The SMILES string of the molecule is Cc1cc(NCCOC(=O)c2ccc(=O)oc2C)oc1C.N.O. The number of aryl methyl sites for hydroxylation is 3. The van der Waals surface area contributed by atoms with Crippen molar-refractivity contribution in [2.24, 2.45) is 0 Å². The summed E-state index contributed by atoms with van der Waals surface area (Å²) in [6, 6.07) is 4.47. The Labute approximate surface area is 133 Å². The van der Waals surface area contributed by atoms with E-state index in [2.05, 4.69) is 5.32 Å². The molecule has 0 aliphatic carbocycles. The number of carbonyl (C=O) groups excluding carboxylic acids is 1. The molecular formula is C15H22N2O6. The summed E-state index contributed by atoms with van der Waals surface area (Å²) in [5.74, 6) is 1.22. The van der Waals surface area contributed by atoms with Gasteiger partial charge in [0, 0.05) is 12.1 Å². The largest absolute Gasteiger partial charge is 0.460 e. The molecule has 2 heterocycles. The molecule has 0 saturated heterocycles. The summed E-state index contributed by atoms with van der Waals surface area (Å²) in [6.45, 7) is 5.98. The third-order valence-electron chi connectivity index (χ3n) is 3.04. The van der Waals surface area contributed by atoms with Gasteiger partial charge in [-0.15, -0.1) is 0 Å². The van der Waals surface area contributed by atoms with E-state index in [1.165, 1.54) is 12.1 Å². The molecule has 8 nitrogen and oxygen atoms in total. The van der Waals surface area contributed by atoms with Crippen LogP contribution in [0.1, 0.15) is 27.4 Å². The van der Waals surface area contributed by atoms with Gasteiger partial charge in [0.25, 0.3) is 0 Å². The molecule has 2 aromatic heterocycles. The summed E-state index contributed by atoms with van der Waals surface area (Å²) in [7, 11) is 0. The molecule has 0 atom stereocenters. The molecule has 6 N–H and O–H groups in total. The molecule has 0 radical (unpaired) electrons. The van der Waals surface area contributed by atoms with Gasteiger partial charge in [0.2, 0.25) is 0 Å². The van der Waals surface area contributed by atoms with Crippen LogP contribution in [0.5, 0.6) is 0 Å². The van der Waals surface area contributed by atoms with E-state index in [1.54, 1.807) is 6.92 Å². The number of ether oxygens (including phenoxy) is 1. The van der Waals surface area contributed by atoms with Crippen LogP contribution in [0.3, 0.4) is 0 Å². The van der Waals surface area contributed by atoms with Crippen molar-refractivity contribution < 1.29 is 23.8 Å². The number of esters is 1. The van der Waals surface area contributed by atoms with Crippen molar-refractivity contribution in [2.45, 2.75) is 20.8 Å². The van der Waals surface area contributed by atoms with Crippen LogP contribution in [0.4, 0.5) is 5.88 Å². The van der Waals surface area contributed by atoms with Crippen LogP contribution in [0, 0.1) is 20.8 Å². The molecule has 0 bridgehead atoms. The zero-order valence-corrected chi connectivity index (χ0v) is 13.4. The summed E-state index contributed by atoms with van der Waals surface area (Å²) in [5.41, 5.74) is 0.818. The van der Waals surface area contributed by atoms with Gasteiger partial charge in [0.15, 0.2) is 5.88 Å². The highest BCUT2D eigenvalue weighted by Gasteiger charge is 2.12. The van der Waals surface area contributed by atoms with Crippen LogP contribution in [-0.2, 0) is 4.74 Å². The molecule has 0 fully saturated rings. The monoisotopic (exact) mass is 326 g/mol. The van der Waals surface area contributed by atoms with Crippen molar-refractivity contribution in [3.8, 4) is 0 Å². The highest BCUT2D eigenvalue weighted by Crippen LogP contribution is 2.17. The number of carbonyl (C=O) groups is 1. The standard InChI is InChI=1S/C15H17NO5.H3N.H2O/c1-9-8-13(20-10(9)2)16-6-7-19-15(18)12-4-5-14(17)21-11(12)3;;/h4-5,8,16H,6-7H2,1-3H3;1H3;1H2. The molecule has 0 unspecified atom stereocenters. The Morgan fingerprint density at radius 1 is 1.17 bits per heavy atom. The molecule has 2 rings (SSSR count). The second-order valence-electron chi connectivity index (χ2n) is 4.64. The van der Waals surface area contributed by atoms with Crippen LogP contribution in [-0.4, -0.2) is 24.6 Å². The van der Waals surface area contributed by atoms with E-state index >= 15 is 0 Å². The lowest BCUT2D eigenvalue weighted by Gasteiger charge is -2.06. The smallest absolute Gasteiger partial charge is 0.341 e. The quantitative estimate of drug-likeness (QED) is 0.628. The van der Waals surface area contributed by atoms with E-state index in [4.69, 9.17) is 13.6 Å². The number of nitrogens with one attached hydrogen (secondary N) is 1. The molecule has 8 heteroatoms. The molecule has 0 saturated carbocycles. The van der Waals surface area contributed by atoms with Crippen molar-refractivity contribution in [3.05, 3.63) is 51.3 Å². The molecule has 0 aliphatic heterocycles. The van der Waals surface area contributed by atoms with E-state index in [9.17, 15) is 9.59 Å². The second kappa shape index (κ2) is 8.76. The third kappa shape index (κ3) is 5.28. The fourth-order valence-corrected chi connectivity index (χ4v) is 1.78. The van der Waals surface area contributed by atoms with Gasteiger partial charge in [-0.1, -0.05) is 0 Å². The number of hydrogen-bond donors (Lipinski definition) is 2. The Morgan fingerprint density at radius 2 is 1.87 bits per heavy atom. The van der Waals surface area contributed by atoms with Crippen molar-refractivity contribution in [1.29, 1.82) is 0 Å². The first-order valence-electron chi connectivity index (χ1n) is 6.56. The predicted octanol–water partition coefficient (Wildman–Crippen LogP) is 1.76. The van der Waals surface area contributed by atoms with Gasteiger partial charge >= 0.3 is 11.6 Å². The van der Waals surface area contributed by atoms with Gasteiger partial charge < -0.3 is 30.5 Å². The zero-order valence-electron chi connectivity index (χ0n) is 13.4. The van der Waals surface area contributed by atoms with Gasteiger partial charge in [-0.3, -0.25) is 0 Å². The predicted molar refractivity (Wildman–Crippen MR) is 85.3 cm³/mol. The lowest BCUT2D eigenvalue weighted by atomic mass is 10.2. The van der Waals surface area contributed by atoms with Crippen LogP contribution in [0.2, 0.25) is 0 Å². The number of furan rings is 1. The molecular weight excluding hydrogens is 304 g/mol. The minimum Gasteiger partial charge on any atom is -0.460 e. The maximum absolute atomic E-state index is 11.8. The van der Waals surface area contributed by atoms with Crippen LogP contribution in [0.15, 0.2) is 31.8 Å². The topological polar surface area (TPSA) is 148 Å². The van der Waals surface area contributed by atoms with E-state index in [0.29, 0.717) is 12.4 Å². The number of hydrogen-bond acceptors (Lipinski definition) is 7. The first-order chi connectivity index (χ1) is 9.97. The van der Waals surface area contributed by atoms with Gasteiger partial charge in [-0.05, 0) is 32.4 Å². The summed E-state index contributed by atoms with van der Waals surface area (Å²) >= 11 is 0. The zero-order chi connectivity index (χ0) is 15.4. The van der Waals surface area contributed by atoms with E-state index in [-0.39, 0.29) is 29.6 Å². The number of rotatable bonds is 5. The lowest BCUT2D eigenvalue weighted by molar-refractivity contribution is 0.0515. The molecule has 128 valence electrons. The molecule has 0 aromatic carbocycles. The maximum Gasteiger partial charge on any atom is 0.341 e. The minimum absolute atomic E-state index is 0. The summed E-state index contributed by atoms with van der Waals surface area (Å²) in [6.07, 6.45) is 0. The van der Waals surface area contributed by atoms with Crippen molar-refractivity contribution in [1.82, 2.24) is 6.15 Å². The molecule has 0 spiro atoms. The van der Waals surface area contributed by atoms with Crippen LogP contribution < -0.4 is 17.1 Å². The Bertz CT molecular complexity index is 685. The Balaban J connectivity index is 0.00000242. The average Bonchev–Trinajstić information content (AvgIpc) is 2.73. The molecule has 23 heavy (non-hydrogen) atoms. The highest BCUT2D eigenvalue weighted by atomic mass is 16.5. The van der Waals surface area contributed by atoms with Gasteiger partial charge in [-0.25, -0.2) is 9.59 Å². The summed E-state index contributed by atoms with van der Waals surface area (Å²) < 4.78 is 15.4. The Kier molecular flexibility index (Phi) is 7.78. The first kappa shape index (κ1) is 20.4. The van der Waals surface area contributed by atoms with E-state index in [1.807, 2.05) is 19.9 Å². The molecule has 2 aromatic rings. The van der Waals surface area contributed by atoms with Crippen molar-refractivity contribution in [2.75, 3.05) is 18.5 Å². The number of anilines is 1. The second-order valence-corrected chi connectivity index (χ2v) is 4.64. The minimum atomic E-state index is -0.523. The Hall–Kier alpha value is -2.58. The summed E-state index contributed by atoms with van der Waals surface area (Å²) in [5, 5.41) is 3.02.